The van der Waals surface area contributed by atoms with E-state index in [-0.39, 0.29) is 11.7 Å². The summed E-state index contributed by atoms with van der Waals surface area (Å²) in [6.45, 7) is 3.13. The van der Waals surface area contributed by atoms with Gasteiger partial charge in [-0.2, -0.15) is 0 Å². The highest BCUT2D eigenvalue weighted by Gasteiger charge is 2.10. The molecule has 0 heterocycles. The van der Waals surface area contributed by atoms with E-state index in [1.54, 1.807) is 25.1 Å². The highest BCUT2D eigenvalue weighted by atomic mass is 16.3. The molecule has 0 unspecified atom stereocenters. The standard InChI is InChI=1S/C12H18N2O2/c1-9-10(5-4-6-11(9)15)12(16)13-7-8-14(2)3/h4-6,15H,7-8H2,1-3H3,(H,13,16). The molecule has 0 fully saturated rings. The fraction of sp³-hybridized carbons (Fsp3) is 0.417. The summed E-state index contributed by atoms with van der Waals surface area (Å²) in [5.74, 6) is 0.00973. The maximum absolute atomic E-state index is 11.8. The summed E-state index contributed by atoms with van der Waals surface area (Å²) in [4.78, 5) is 13.8. The first kappa shape index (κ1) is 12.5. The van der Waals surface area contributed by atoms with Crippen LogP contribution in [0.15, 0.2) is 18.2 Å². The van der Waals surface area contributed by atoms with Crippen molar-refractivity contribution >= 4 is 5.91 Å². The zero-order chi connectivity index (χ0) is 12.1. The van der Waals surface area contributed by atoms with E-state index in [0.717, 1.165) is 6.54 Å². The molecule has 0 aliphatic carbocycles. The maximum Gasteiger partial charge on any atom is 0.251 e. The van der Waals surface area contributed by atoms with Crippen LogP contribution >= 0.6 is 0 Å². The quantitative estimate of drug-likeness (QED) is 0.799. The molecule has 0 aliphatic heterocycles. The van der Waals surface area contributed by atoms with Gasteiger partial charge in [-0.25, -0.2) is 0 Å². The van der Waals surface area contributed by atoms with Gasteiger partial charge >= 0.3 is 0 Å². The number of aromatic hydroxyl groups is 1. The highest BCUT2D eigenvalue weighted by molar-refractivity contribution is 5.96. The molecule has 1 aromatic carbocycles. The number of phenols is 1. The lowest BCUT2D eigenvalue weighted by molar-refractivity contribution is 0.0950. The second kappa shape index (κ2) is 5.51. The van der Waals surface area contributed by atoms with Gasteiger partial charge in [-0.1, -0.05) is 6.07 Å². The largest absolute Gasteiger partial charge is 0.508 e. The number of nitrogens with zero attached hydrogens (tertiary/aromatic N) is 1. The first-order valence-corrected chi connectivity index (χ1v) is 5.24. The first-order valence-electron chi connectivity index (χ1n) is 5.24. The molecule has 0 radical (unpaired) electrons. The van der Waals surface area contributed by atoms with Crippen molar-refractivity contribution in [1.82, 2.24) is 10.2 Å². The lowest BCUT2D eigenvalue weighted by Crippen LogP contribution is -2.31. The molecule has 1 aromatic rings. The summed E-state index contributed by atoms with van der Waals surface area (Å²) in [5, 5.41) is 12.3. The number of carbonyl (C=O) groups excluding carboxylic acids is 1. The van der Waals surface area contributed by atoms with Crippen molar-refractivity contribution in [2.24, 2.45) is 0 Å². The highest BCUT2D eigenvalue weighted by Crippen LogP contribution is 2.19. The number of hydrogen-bond donors (Lipinski definition) is 2. The van der Waals surface area contributed by atoms with Gasteiger partial charge in [0.1, 0.15) is 5.75 Å². The molecule has 0 saturated heterocycles. The van der Waals surface area contributed by atoms with Crippen LogP contribution in [0.1, 0.15) is 15.9 Å². The van der Waals surface area contributed by atoms with Gasteiger partial charge in [0, 0.05) is 24.2 Å². The second-order valence-corrected chi connectivity index (χ2v) is 4.01. The Bertz CT molecular complexity index is 375. The monoisotopic (exact) mass is 222 g/mol. The summed E-state index contributed by atoms with van der Waals surface area (Å²) in [7, 11) is 3.90. The number of benzene rings is 1. The van der Waals surface area contributed by atoms with Gasteiger partial charge < -0.3 is 15.3 Å². The molecule has 4 heteroatoms. The third-order valence-corrected chi connectivity index (χ3v) is 2.39. The Morgan fingerprint density at radius 3 is 2.75 bits per heavy atom. The Hall–Kier alpha value is -1.55. The predicted octanol–water partition coefficient (Wildman–Crippen LogP) is 0.992. The molecule has 0 spiro atoms. The fourth-order valence-electron chi connectivity index (χ4n) is 1.36. The van der Waals surface area contributed by atoms with Crippen molar-refractivity contribution in [3.63, 3.8) is 0 Å². The predicted molar refractivity (Wildman–Crippen MR) is 63.7 cm³/mol. The molecule has 16 heavy (non-hydrogen) atoms. The van der Waals surface area contributed by atoms with Gasteiger partial charge in [-0.05, 0) is 33.2 Å². The summed E-state index contributed by atoms with van der Waals surface area (Å²) in [6, 6.07) is 4.95. The van der Waals surface area contributed by atoms with Crippen LogP contribution in [0.25, 0.3) is 0 Å². The van der Waals surface area contributed by atoms with Crippen molar-refractivity contribution in [2.75, 3.05) is 27.2 Å². The van der Waals surface area contributed by atoms with E-state index in [9.17, 15) is 9.90 Å². The van der Waals surface area contributed by atoms with Crippen LogP contribution in [0.5, 0.6) is 5.75 Å². The lowest BCUT2D eigenvalue weighted by atomic mass is 10.1. The van der Waals surface area contributed by atoms with Gasteiger partial charge in [0.25, 0.3) is 5.91 Å². The van der Waals surface area contributed by atoms with Gasteiger partial charge in [0.15, 0.2) is 0 Å². The average Bonchev–Trinajstić information content (AvgIpc) is 2.21. The van der Waals surface area contributed by atoms with Crippen LogP contribution in [0.2, 0.25) is 0 Å². The molecular formula is C12H18N2O2. The molecule has 4 nitrogen and oxygen atoms in total. The third kappa shape index (κ3) is 3.24. The van der Waals surface area contributed by atoms with Crippen molar-refractivity contribution in [2.45, 2.75) is 6.92 Å². The van der Waals surface area contributed by atoms with Crippen LogP contribution < -0.4 is 5.32 Å². The van der Waals surface area contributed by atoms with E-state index in [4.69, 9.17) is 0 Å². The maximum atomic E-state index is 11.8. The van der Waals surface area contributed by atoms with E-state index < -0.39 is 0 Å². The van der Waals surface area contributed by atoms with Gasteiger partial charge in [0.2, 0.25) is 0 Å². The zero-order valence-corrected chi connectivity index (χ0v) is 9.95. The number of nitrogens with one attached hydrogen (secondary N) is 1. The van der Waals surface area contributed by atoms with E-state index in [1.165, 1.54) is 0 Å². The van der Waals surface area contributed by atoms with Crippen LogP contribution in [0.3, 0.4) is 0 Å². The Morgan fingerprint density at radius 1 is 1.44 bits per heavy atom. The third-order valence-electron chi connectivity index (χ3n) is 2.39. The molecule has 0 atom stereocenters. The van der Waals surface area contributed by atoms with Crippen LogP contribution in [0, 0.1) is 6.92 Å². The van der Waals surface area contributed by atoms with Gasteiger partial charge in [0.05, 0.1) is 0 Å². The number of amides is 1. The second-order valence-electron chi connectivity index (χ2n) is 4.01. The summed E-state index contributed by atoms with van der Waals surface area (Å²) >= 11 is 0. The van der Waals surface area contributed by atoms with Gasteiger partial charge in [-0.3, -0.25) is 4.79 Å². The van der Waals surface area contributed by atoms with Crippen LogP contribution in [-0.4, -0.2) is 43.1 Å². The molecule has 1 rings (SSSR count). The summed E-state index contributed by atoms with van der Waals surface area (Å²) in [6.07, 6.45) is 0. The molecule has 1 amide bonds. The molecule has 0 bridgehead atoms. The Morgan fingerprint density at radius 2 is 2.12 bits per heavy atom. The smallest absolute Gasteiger partial charge is 0.251 e. The molecule has 88 valence electrons. The number of carbonyl (C=O) groups is 1. The van der Waals surface area contributed by atoms with Gasteiger partial charge in [-0.15, -0.1) is 0 Å². The fourth-order valence-corrected chi connectivity index (χ4v) is 1.36. The first-order chi connectivity index (χ1) is 7.52. The Labute approximate surface area is 95.9 Å². The zero-order valence-electron chi connectivity index (χ0n) is 9.95. The minimum absolute atomic E-state index is 0.143. The minimum Gasteiger partial charge on any atom is -0.508 e. The molecule has 0 aliphatic rings. The number of likely N-dealkylation sites (N-methyl/N-ethyl adjacent to an activating group) is 1. The number of hydrogen-bond acceptors (Lipinski definition) is 3. The Kier molecular flexibility index (Phi) is 4.31. The van der Waals surface area contributed by atoms with Crippen LogP contribution in [-0.2, 0) is 0 Å². The van der Waals surface area contributed by atoms with Crippen molar-refractivity contribution in [1.29, 1.82) is 0 Å². The molecular weight excluding hydrogens is 204 g/mol. The van der Waals surface area contributed by atoms with Crippen LogP contribution in [0.4, 0.5) is 0 Å². The number of phenolic OH excluding ortho intramolecular Hbond substituents is 1. The minimum atomic E-state index is -0.143. The van der Waals surface area contributed by atoms with E-state index in [2.05, 4.69) is 5.32 Å². The van der Waals surface area contributed by atoms with E-state index in [1.807, 2.05) is 19.0 Å². The van der Waals surface area contributed by atoms with Crippen molar-refractivity contribution in [3.8, 4) is 5.75 Å². The van der Waals surface area contributed by atoms with Crippen molar-refractivity contribution in [3.05, 3.63) is 29.3 Å². The SMILES string of the molecule is Cc1c(O)cccc1C(=O)NCCN(C)C. The Balaban J connectivity index is 2.63. The average molecular weight is 222 g/mol. The molecule has 0 aromatic heterocycles. The molecule has 2 N–H and O–H groups in total. The summed E-state index contributed by atoms with van der Waals surface area (Å²) < 4.78 is 0. The number of rotatable bonds is 4. The summed E-state index contributed by atoms with van der Waals surface area (Å²) in [5.41, 5.74) is 1.14. The molecule has 0 saturated carbocycles. The van der Waals surface area contributed by atoms with Crippen molar-refractivity contribution < 1.29 is 9.90 Å². The normalized spacial score (nSPS) is 10.5. The lowest BCUT2D eigenvalue weighted by Gasteiger charge is -2.11. The topological polar surface area (TPSA) is 52.6 Å². The van der Waals surface area contributed by atoms with E-state index in [0.29, 0.717) is 17.7 Å². The van der Waals surface area contributed by atoms with E-state index >= 15 is 0 Å².